The normalized spacial score (nSPS) is 9.77. The van der Waals surface area contributed by atoms with Gasteiger partial charge in [-0.3, -0.25) is 9.63 Å². The molecule has 0 saturated carbocycles. The molecule has 2 nitrogen and oxygen atoms in total. The second-order valence-electron chi connectivity index (χ2n) is 2.58. The topological polar surface area (TPSA) is 29.1 Å². The molecule has 13 heavy (non-hydrogen) atoms. The molecule has 1 amide bonds. The number of amides is 1. The maximum absolute atomic E-state index is 12.7. The van der Waals surface area contributed by atoms with E-state index >= 15 is 0 Å². The van der Waals surface area contributed by atoms with Crippen LogP contribution in [0.2, 0.25) is 0 Å². The Bertz CT molecular complexity index is 327. The van der Waals surface area contributed by atoms with E-state index < -0.39 is 5.91 Å². The second-order valence-corrected chi connectivity index (χ2v) is 2.77. The molecular weight excluding hydrogens is 193 g/mol. The Morgan fingerprint density at radius 3 is 2.85 bits per heavy atom. The zero-order valence-electron chi connectivity index (χ0n) is 7.10. The fourth-order valence-electron chi connectivity index (χ4n) is 1.13. The quantitative estimate of drug-likeness (QED) is 0.731. The number of carbonyl (C=O) groups is 1. The molecule has 0 fully saturated rings. The summed E-state index contributed by atoms with van der Waals surface area (Å²) < 4.78 is 12.7. The van der Waals surface area contributed by atoms with Gasteiger partial charge in [0.2, 0.25) is 0 Å². The van der Waals surface area contributed by atoms with E-state index in [0.29, 0.717) is 17.5 Å². The van der Waals surface area contributed by atoms with Crippen molar-refractivity contribution in [1.29, 1.82) is 0 Å². The van der Waals surface area contributed by atoms with Gasteiger partial charge in [0, 0.05) is 17.3 Å². The first-order valence-electron chi connectivity index (χ1n) is 3.88. The third-order valence-corrected chi connectivity index (χ3v) is 1.95. The van der Waals surface area contributed by atoms with Gasteiger partial charge in [0.25, 0.3) is 5.91 Å². The highest BCUT2D eigenvalue weighted by Crippen LogP contribution is 2.12. The van der Waals surface area contributed by atoms with Crippen LogP contribution in [0.15, 0.2) is 18.2 Å². The molecule has 0 aliphatic heterocycles. The van der Waals surface area contributed by atoms with Gasteiger partial charge in [-0.2, -0.15) is 0 Å². The molecule has 0 heterocycles. The molecule has 1 aromatic carbocycles. The number of hydrogen-bond acceptors (Lipinski definition) is 1. The number of carbonyl (C=O) groups excluding carboxylic acids is 1. The molecule has 0 bridgehead atoms. The summed E-state index contributed by atoms with van der Waals surface area (Å²) in [6, 6.07) is 3.99. The van der Waals surface area contributed by atoms with E-state index in [1.165, 1.54) is 18.2 Å². The van der Waals surface area contributed by atoms with Crippen LogP contribution in [-0.2, 0) is 6.42 Å². The van der Waals surface area contributed by atoms with Crippen molar-refractivity contribution >= 4 is 17.7 Å². The standard InChI is InChI=1S/C9H9ClFNO/c1-2-6-5-7(11)3-4-8(6)9(13)12-10/h3-5H,2H2,1H3,(H,12,13). The Kier molecular flexibility index (Phi) is 3.25. The van der Waals surface area contributed by atoms with Crippen molar-refractivity contribution in [2.24, 2.45) is 0 Å². The van der Waals surface area contributed by atoms with Gasteiger partial charge in [0.15, 0.2) is 0 Å². The fraction of sp³-hybridized carbons (Fsp3) is 0.222. The molecule has 0 aliphatic rings. The summed E-state index contributed by atoms with van der Waals surface area (Å²) in [5, 5.41) is 0. The van der Waals surface area contributed by atoms with Crippen molar-refractivity contribution in [2.45, 2.75) is 13.3 Å². The molecule has 70 valence electrons. The molecule has 0 aliphatic carbocycles. The molecule has 1 rings (SSSR count). The SMILES string of the molecule is CCc1cc(F)ccc1C(=O)NCl. The minimum absolute atomic E-state index is 0.344. The Labute approximate surface area is 80.8 Å². The second kappa shape index (κ2) is 4.23. The lowest BCUT2D eigenvalue weighted by Crippen LogP contribution is -2.14. The van der Waals surface area contributed by atoms with Gasteiger partial charge < -0.3 is 0 Å². The molecule has 1 N–H and O–H groups in total. The van der Waals surface area contributed by atoms with Crippen LogP contribution in [0.4, 0.5) is 4.39 Å². The summed E-state index contributed by atoms with van der Waals surface area (Å²) in [4.78, 5) is 13.1. The third kappa shape index (κ3) is 2.18. The van der Waals surface area contributed by atoms with Crippen LogP contribution in [0.25, 0.3) is 0 Å². The van der Waals surface area contributed by atoms with Gasteiger partial charge in [-0.25, -0.2) is 4.39 Å². The maximum Gasteiger partial charge on any atom is 0.265 e. The van der Waals surface area contributed by atoms with Crippen molar-refractivity contribution in [3.63, 3.8) is 0 Å². The molecule has 0 spiro atoms. The van der Waals surface area contributed by atoms with Crippen molar-refractivity contribution in [3.05, 3.63) is 35.1 Å². The van der Waals surface area contributed by atoms with Crippen LogP contribution in [0.5, 0.6) is 0 Å². The van der Waals surface area contributed by atoms with E-state index in [1.807, 2.05) is 11.8 Å². The van der Waals surface area contributed by atoms with Gasteiger partial charge in [-0.15, -0.1) is 0 Å². The molecule has 4 heteroatoms. The van der Waals surface area contributed by atoms with Crippen LogP contribution < -0.4 is 4.84 Å². The Balaban J connectivity index is 3.13. The van der Waals surface area contributed by atoms with E-state index in [9.17, 15) is 9.18 Å². The van der Waals surface area contributed by atoms with Gasteiger partial charge in [0.1, 0.15) is 5.82 Å². The lowest BCUT2D eigenvalue weighted by molar-refractivity contribution is 0.0981. The summed E-state index contributed by atoms with van der Waals surface area (Å²) in [7, 11) is 0. The molecular formula is C9H9ClFNO. The minimum Gasteiger partial charge on any atom is -0.268 e. The van der Waals surface area contributed by atoms with Crippen LogP contribution in [0.1, 0.15) is 22.8 Å². The number of hydrogen-bond donors (Lipinski definition) is 1. The van der Waals surface area contributed by atoms with E-state index in [1.54, 1.807) is 0 Å². The summed E-state index contributed by atoms with van der Waals surface area (Å²) in [6.07, 6.45) is 0.595. The minimum atomic E-state index is -0.404. The number of aryl methyl sites for hydroxylation is 1. The number of benzene rings is 1. The summed E-state index contributed by atoms with van der Waals surface area (Å²) in [6.45, 7) is 1.85. The van der Waals surface area contributed by atoms with Gasteiger partial charge >= 0.3 is 0 Å². The summed E-state index contributed by atoms with van der Waals surface area (Å²) in [5.41, 5.74) is 1.07. The highest BCUT2D eigenvalue weighted by atomic mass is 35.5. The van der Waals surface area contributed by atoms with Crippen molar-refractivity contribution in [3.8, 4) is 0 Å². The van der Waals surface area contributed by atoms with E-state index in [-0.39, 0.29) is 5.82 Å². The third-order valence-electron chi connectivity index (χ3n) is 1.78. The lowest BCUT2D eigenvalue weighted by atomic mass is 10.0. The van der Waals surface area contributed by atoms with E-state index in [4.69, 9.17) is 11.8 Å². The van der Waals surface area contributed by atoms with Crippen LogP contribution in [0.3, 0.4) is 0 Å². The number of nitrogens with one attached hydrogen (secondary N) is 1. The zero-order chi connectivity index (χ0) is 9.84. The smallest absolute Gasteiger partial charge is 0.265 e. The Morgan fingerprint density at radius 2 is 2.31 bits per heavy atom. The van der Waals surface area contributed by atoms with Crippen molar-refractivity contribution in [1.82, 2.24) is 4.84 Å². The van der Waals surface area contributed by atoms with Gasteiger partial charge in [-0.05, 0) is 30.2 Å². The molecule has 0 atom stereocenters. The maximum atomic E-state index is 12.7. The molecule has 1 aromatic rings. The van der Waals surface area contributed by atoms with Crippen LogP contribution >= 0.6 is 11.8 Å². The van der Waals surface area contributed by atoms with Gasteiger partial charge in [-0.1, -0.05) is 6.92 Å². The van der Waals surface area contributed by atoms with Crippen molar-refractivity contribution < 1.29 is 9.18 Å². The Hall–Kier alpha value is -1.09. The van der Waals surface area contributed by atoms with Crippen LogP contribution in [-0.4, -0.2) is 5.91 Å². The molecule has 0 unspecified atom stereocenters. The number of halogens is 2. The fourth-order valence-corrected chi connectivity index (χ4v) is 1.23. The number of rotatable bonds is 2. The summed E-state index contributed by atoms with van der Waals surface area (Å²) in [5.74, 6) is -0.749. The molecule has 0 radical (unpaired) electrons. The zero-order valence-corrected chi connectivity index (χ0v) is 7.86. The van der Waals surface area contributed by atoms with Gasteiger partial charge in [0.05, 0.1) is 0 Å². The van der Waals surface area contributed by atoms with E-state index in [2.05, 4.69) is 0 Å². The molecule has 0 saturated heterocycles. The highest BCUT2D eigenvalue weighted by molar-refractivity contribution is 6.24. The summed E-state index contributed by atoms with van der Waals surface area (Å²) >= 11 is 5.16. The first-order valence-corrected chi connectivity index (χ1v) is 4.26. The first kappa shape index (κ1) is 9.99. The predicted molar refractivity (Wildman–Crippen MR) is 49.1 cm³/mol. The average Bonchev–Trinajstić information content (AvgIpc) is 2.16. The average molecular weight is 202 g/mol. The molecule has 0 aromatic heterocycles. The van der Waals surface area contributed by atoms with E-state index in [0.717, 1.165) is 0 Å². The predicted octanol–water partition coefficient (Wildman–Crippen LogP) is 2.27. The lowest BCUT2D eigenvalue weighted by Gasteiger charge is -2.04. The Morgan fingerprint density at radius 1 is 1.62 bits per heavy atom. The first-order chi connectivity index (χ1) is 6.19. The largest absolute Gasteiger partial charge is 0.268 e. The monoisotopic (exact) mass is 201 g/mol. The highest BCUT2D eigenvalue weighted by Gasteiger charge is 2.09. The van der Waals surface area contributed by atoms with Crippen molar-refractivity contribution in [2.75, 3.05) is 0 Å². The van der Waals surface area contributed by atoms with Crippen LogP contribution in [0, 0.1) is 5.82 Å².